The van der Waals surface area contributed by atoms with E-state index >= 15 is 0 Å². The van der Waals surface area contributed by atoms with Gasteiger partial charge in [-0.15, -0.1) is 0 Å². The van der Waals surface area contributed by atoms with Crippen LogP contribution in [0.25, 0.3) is 11.1 Å². The fraction of sp³-hybridized carbons (Fsp3) is 0.471. The SMILES string of the molecule is CC.Cc1cc(C)c(CNC(=O)c2cc(-c3ccc(CN(C)C)cc3)cc(N(C)C3CCCCC3)c2C)c(=O)[nH]1. The largest absolute Gasteiger partial charge is 0.371 e. The lowest BCUT2D eigenvalue weighted by molar-refractivity contribution is 0.0950. The molecule has 4 rings (SSSR count). The number of hydrogen-bond donors (Lipinski definition) is 2. The molecule has 1 saturated carbocycles. The van der Waals surface area contributed by atoms with Gasteiger partial charge in [-0.2, -0.15) is 0 Å². The summed E-state index contributed by atoms with van der Waals surface area (Å²) in [6, 6.07) is 15.2. The lowest BCUT2D eigenvalue weighted by Gasteiger charge is -2.34. The maximum Gasteiger partial charge on any atom is 0.253 e. The first-order valence-electron chi connectivity index (χ1n) is 14.7. The Morgan fingerprint density at radius 3 is 2.17 bits per heavy atom. The molecule has 2 N–H and O–H groups in total. The van der Waals surface area contributed by atoms with E-state index in [2.05, 4.69) is 71.6 Å². The van der Waals surface area contributed by atoms with Gasteiger partial charge in [0.1, 0.15) is 0 Å². The molecule has 0 bridgehead atoms. The van der Waals surface area contributed by atoms with Crippen molar-refractivity contribution < 1.29 is 4.79 Å². The summed E-state index contributed by atoms with van der Waals surface area (Å²) in [4.78, 5) is 33.5. The maximum atomic E-state index is 13.6. The summed E-state index contributed by atoms with van der Waals surface area (Å²) < 4.78 is 0. The van der Waals surface area contributed by atoms with Crippen LogP contribution in [0.2, 0.25) is 0 Å². The lowest BCUT2D eigenvalue weighted by Crippen LogP contribution is -2.34. The summed E-state index contributed by atoms with van der Waals surface area (Å²) >= 11 is 0. The monoisotopic (exact) mass is 544 g/mol. The van der Waals surface area contributed by atoms with Crippen molar-refractivity contribution in [3.05, 3.63) is 86.3 Å². The number of amides is 1. The summed E-state index contributed by atoms with van der Waals surface area (Å²) in [5.74, 6) is -0.161. The molecule has 1 fully saturated rings. The number of aromatic nitrogens is 1. The van der Waals surface area contributed by atoms with Crippen molar-refractivity contribution >= 4 is 11.6 Å². The lowest BCUT2D eigenvalue weighted by atomic mass is 9.92. The molecule has 2 aromatic carbocycles. The number of carbonyl (C=O) groups excluding carboxylic acids is 1. The Morgan fingerprint density at radius 2 is 1.57 bits per heavy atom. The van der Waals surface area contributed by atoms with E-state index in [0.717, 1.165) is 40.2 Å². The highest BCUT2D eigenvalue weighted by Crippen LogP contribution is 2.34. The van der Waals surface area contributed by atoms with Crippen LogP contribution >= 0.6 is 0 Å². The zero-order valence-corrected chi connectivity index (χ0v) is 25.8. The van der Waals surface area contributed by atoms with Crippen molar-refractivity contribution in [3.8, 4) is 11.1 Å². The Balaban J connectivity index is 0.00000216. The Labute approximate surface area is 240 Å². The summed E-state index contributed by atoms with van der Waals surface area (Å²) in [5, 5.41) is 3.03. The van der Waals surface area contributed by atoms with E-state index in [1.807, 2.05) is 46.8 Å². The second-order valence-corrected chi connectivity index (χ2v) is 11.1. The molecule has 1 aliphatic rings. The third-order valence-electron chi connectivity index (χ3n) is 7.83. The molecular weight excluding hydrogens is 496 g/mol. The average Bonchev–Trinajstić information content (AvgIpc) is 2.94. The molecule has 216 valence electrons. The van der Waals surface area contributed by atoms with Crippen molar-refractivity contribution in [1.29, 1.82) is 0 Å². The Bertz CT molecular complexity index is 1340. The average molecular weight is 545 g/mol. The van der Waals surface area contributed by atoms with Gasteiger partial charge < -0.3 is 20.1 Å². The minimum absolute atomic E-state index is 0.149. The van der Waals surface area contributed by atoms with E-state index in [0.29, 0.717) is 17.2 Å². The van der Waals surface area contributed by atoms with Gasteiger partial charge in [0.25, 0.3) is 11.5 Å². The third-order valence-corrected chi connectivity index (χ3v) is 7.83. The van der Waals surface area contributed by atoms with Gasteiger partial charge in [0.15, 0.2) is 0 Å². The number of H-pyrrole nitrogens is 1. The molecule has 1 aromatic heterocycles. The van der Waals surface area contributed by atoms with E-state index < -0.39 is 0 Å². The van der Waals surface area contributed by atoms with Crippen LogP contribution in [-0.4, -0.2) is 43.0 Å². The molecule has 0 unspecified atom stereocenters. The minimum Gasteiger partial charge on any atom is -0.371 e. The van der Waals surface area contributed by atoms with E-state index in [9.17, 15) is 9.59 Å². The molecule has 0 saturated heterocycles. The number of rotatable bonds is 8. The first-order chi connectivity index (χ1) is 19.1. The number of aryl methyl sites for hydroxylation is 2. The van der Waals surface area contributed by atoms with E-state index in [-0.39, 0.29) is 18.0 Å². The van der Waals surface area contributed by atoms with Crippen molar-refractivity contribution in [2.75, 3.05) is 26.0 Å². The molecule has 1 aliphatic carbocycles. The van der Waals surface area contributed by atoms with Crippen molar-refractivity contribution in [2.24, 2.45) is 0 Å². The highest BCUT2D eigenvalue weighted by atomic mass is 16.1. The quantitative estimate of drug-likeness (QED) is 0.329. The van der Waals surface area contributed by atoms with Crippen LogP contribution in [0.1, 0.15) is 84.3 Å². The third kappa shape index (κ3) is 7.63. The van der Waals surface area contributed by atoms with Crippen molar-refractivity contribution in [2.45, 2.75) is 85.9 Å². The van der Waals surface area contributed by atoms with Gasteiger partial charge >= 0.3 is 0 Å². The highest BCUT2D eigenvalue weighted by molar-refractivity contribution is 5.99. The molecular formula is C34H48N4O2. The first-order valence-corrected chi connectivity index (χ1v) is 14.7. The van der Waals surface area contributed by atoms with Crippen LogP contribution in [0.4, 0.5) is 5.69 Å². The standard InChI is InChI=1S/C32H42N4O2.C2H6/c1-21-16-22(2)34-32(38)29(21)19-33-31(37)28-17-26(25-14-12-24(13-15-25)20-35(4)5)18-30(23(28)3)36(6)27-10-8-7-9-11-27;1-2/h12-18,27H,7-11,19-20H2,1-6H3,(H,33,37)(H,34,38);1-2H3. The van der Waals surface area contributed by atoms with Gasteiger partial charge in [0.05, 0.1) is 0 Å². The molecule has 1 amide bonds. The Hall–Kier alpha value is -3.38. The van der Waals surface area contributed by atoms with Crippen LogP contribution in [0.3, 0.4) is 0 Å². The molecule has 1 heterocycles. The van der Waals surface area contributed by atoms with Gasteiger partial charge in [-0.25, -0.2) is 0 Å². The van der Waals surface area contributed by atoms with Crippen molar-refractivity contribution in [3.63, 3.8) is 0 Å². The van der Waals surface area contributed by atoms with Crippen LogP contribution < -0.4 is 15.8 Å². The van der Waals surface area contributed by atoms with Crippen LogP contribution in [0.15, 0.2) is 47.3 Å². The predicted molar refractivity (Wildman–Crippen MR) is 168 cm³/mol. The summed E-state index contributed by atoms with van der Waals surface area (Å²) in [7, 11) is 6.30. The van der Waals surface area contributed by atoms with Gasteiger partial charge in [-0.05, 0) is 93.7 Å². The molecule has 0 radical (unpaired) electrons. The maximum absolute atomic E-state index is 13.6. The van der Waals surface area contributed by atoms with Crippen LogP contribution in [-0.2, 0) is 13.1 Å². The number of nitrogens with one attached hydrogen (secondary N) is 2. The summed E-state index contributed by atoms with van der Waals surface area (Å²) in [5.41, 5.74) is 8.23. The van der Waals surface area contributed by atoms with Crippen LogP contribution in [0, 0.1) is 20.8 Å². The van der Waals surface area contributed by atoms with E-state index in [4.69, 9.17) is 0 Å². The number of anilines is 1. The van der Waals surface area contributed by atoms with Gasteiger partial charge in [-0.3, -0.25) is 9.59 Å². The molecule has 40 heavy (non-hydrogen) atoms. The summed E-state index contributed by atoms with van der Waals surface area (Å²) in [6.07, 6.45) is 6.15. The molecule has 6 nitrogen and oxygen atoms in total. The molecule has 0 atom stereocenters. The number of carbonyl (C=O) groups is 1. The fourth-order valence-electron chi connectivity index (χ4n) is 5.67. The van der Waals surface area contributed by atoms with E-state index in [1.165, 1.54) is 37.7 Å². The second kappa shape index (κ2) is 14.3. The van der Waals surface area contributed by atoms with Gasteiger partial charge in [-0.1, -0.05) is 57.4 Å². The van der Waals surface area contributed by atoms with Crippen molar-refractivity contribution in [1.82, 2.24) is 15.2 Å². The number of hydrogen-bond acceptors (Lipinski definition) is 4. The molecule has 6 heteroatoms. The zero-order chi connectivity index (χ0) is 29.4. The molecule has 0 spiro atoms. The topological polar surface area (TPSA) is 68.4 Å². The van der Waals surface area contributed by atoms with Crippen LogP contribution in [0.5, 0.6) is 0 Å². The molecule has 3 aromatic rings. The molecule has 0 aliphatic heterocycles. The summed E-state index contributed by atoms with van der Waals surface area (Å²) in [6.45, 7) is 10.9. The first kappa shape index (κ1) is 31.2. The second-order valence-electron chi connectivity index (χ2n) is 11.1. The van der Waals surface area contributed by atoms with E-state index in [1.54, 1.807) is 0 Å². The van der Waals surface area contributed by atoms with Gasteiger partial charge in [0.2, 0.25) is 0 Å². The predicted octanol–water partition coefficient (Wildman–Crippen LogP) is 6.75. The van der Waals surface area contributed by atoms with Gasteiger partial charge in [0, 0.05) is 48.7 Å². The number of nitrogens with zero attached hydrogens (tertiary/aromatic N) is 2. The number of aromatic amines is 1. The Morgan fingerprint density at radius 1 is 0.925 bits per heavy atom. The highest BCUT2D eigenvalue weighted by Gasteiger charge is 2.23. The normalized spacial score (nSPS) is 13.5. The Kier molecular flexibility index (Phi) is 11.1. The number of pyridine rings is 1. The zero-order valence-electron chi connectivity index (χ0n) is 25.8. The minimum atomic E-state index is -0.161. The smallest absolute Gasteiger partial charge is 0.253 e. The number of benzene rings is 2. The fourth-order valence-corrected chi connectivity index (χ4v) is 5.67.